The molecule has 0 amide bonds. The summed E-state index contributed by atoms with van der Waals surface area (Å²) in [5.41, 5.74) is 5.38. The van der Waals surface area contributed by atoms with Crippen molar-refractivity contribution in [2.45, 2.75) is 52.9 Å². The summed E-state index contributed by atoms with van der Waals surface area (Å²) in [5.74, 6) is -1.91. The Bertz CT molecular complexity index is 3670. The van der Waals surface area contributed by atoms with Crippen molar-refractivity contribution in [3.8, 4) is 11.1 Å². The van der Waals surface area contributed by atoms with Crippen molar-refractivity contribution < 1.29 is 19.4 Å². The van der Waals surface area contributed by atoms with Gasteiger partial charge in [0.15, 0.2) is 5.65 Å². The molecule has 6 heterocycles. The third-order valence-corrected chi connectivity index (χ3v) is 12.1. The Hall–Kier alpha value is -8.21. The molecule has 0 fully saturated rings. The minimum Gasteiger partial charge on any atom is -0.480 e. The largest absolute Gasteiger partial charge is 0.480 e. The molecule has 17 nitrogen and oxygen atoms in total. The predicted octanol–water partition coefficient (Wildman–Crippen LogP) is 4.82. The minimum atomic E-state index is -1.34. The zero-order valence-electron chi connectivity index (χ0n) is 36.2. The van der Waals surface area contributed by atoms with E-state index in [9.17, 15) is 33.9 Å². The lowest BCUT2D eigenvalue weighted by molar-refractivity contribution is -0.143. The number of ether oxygens (including phenoxy) is 1. The molecule has 0 unspecified atom stereocenters. The van der Waals surface area contributed by atoms with Gasteiger partial charge in [-0.3, -0.25) is 37.9 Å². The minimum absolute atomic E-state index is 0.00614. The molecular weight excluding hydrogens is 831 g/mol. The molecule has 9 aromatic rings. The van der Waals surface area contributed by atoms with E-state index < -0.39 is 47.0 Å². The molecule has 17 heteroatoms. The van der Waals surface area contributed by atoms with Gasteiger partial charge in [0.05, 0.1) is 43.1 Å². The summed E-state index contributed by atoms with van der Waals surface area (Å²) in [4.78, 5) is 93.3. The number of aromatic nitrogens is 9. The molecule has 0 spiro atoms. The van der Waals surface area contributed by atoms with E-state index in [1.165, 1.54) is 23.3 Å². The normalized spacial score (nSPS) is 12.1. The van der Waals surface area contributed by atoms with Crippen LogP contribution < -0.4 is 22.5 Å². The van der Waals surface area contributed by atoms with E-state index in [-0.39, 0.29) is 42.5 Å². The molecule has 0 radical (unpaired) electrons. The lowest BCUT2D eigenvalue weighted by Crippen LogP contribution is -2.43. The summed E-state index contributed by atoms with van der Waals surface area (Å²) < 4.78 is 14.0. The van der Waals surface area contributed by atoms with E-state index in [0.29, 0.717) is 15.6 Å². The molecule has 65 heavy (non-hydrogen) atoms. The van der Waals surface area contributed by atoms with Crippen LogP contribution in [0.3, 0.4) is 0 Å². The van der Waals surface area contributed by atoms with Gasteiger partial charge in [0.1, 0.15) is 18.3 Å². The fourth-order valence-electron chi connectivity index (χ4n) is 9.18. The number of carboxylic acids is 1. The Labute approximate surface area is 368 Å². The van der Waals surface area contributed by atoms with Crippen LogP contribution in [0.1, 0.15) is 47.2 Å². The van der Waals surface area contributed by atoms with E-state index in [0.717, 1.165) is 59.8 Å². The number of esters is 1. The Morgan fingerprint density at radius 1 is 0.723 bits per heavy atom. The van der Waals surface area contributed by atoms with Gasteiger partial charge in [-0.1, -0.05) is 42.5 Å². The highest BCUT2D eigenvalue weighted by Gasteiger charge is 2.27. The van der Waals surface area contributed by atoms with Crippen LogP contribution in [0.15, 0.2) is 117 Å². The number of fused-ring (bicyclic) bond motifs is 4. The average Bonchev–Trinajstić information content (AvgIpc) is 3.79. The topological polar surface area (TPSA) is 200 Å². The summed E-state index contributed by atoms with van der Waals surface area (Å²) >= 11 is 0. The molecule has 1 N–H and O–H groups in total. The van der Waals surface area contributed by atoms with Crippen molar-refractivity contribution >= 4 is 55.7 Å². The van der Waals surface area contributed by atoms with Crippen molar-refractivity contribution in [3.05, 3.63) is 167 Å². The average molecular weight is 874 g/mol. The maximum Gasteiger partial charge on any atom is 0.333 e. The summed E-state index contributed by atoms with van der Waals surface area (Å²) in [6.07, 6.45) is 9.08. The van der Waals surface area contributed by atoms with Gasteiger partial charge < -0.3 is 19.0 Å². The number of carbonyl (C=O) groups excluding carboxylic acids is 1. The van der Waals surface area contributed by atoms with Gasteiger partial charge in [0.2, 0.25) is 0 Å². The first-order valence-electron chi connectivity index (χ1n) is 20.9. The summed E-state index contributed by atoms with van der Waals surface area (Å²) in [7, 11) is 3.82. The fourth-order valence-corrected chi connectivity index (χ4v) is 9.18. The molecule has 1 atom stereocenters. The number of nitrogens with zero attached hydrogens (tertiary/aromatic N) is 9. The maximum atomic E-state index is 14.8. The van der Waals surface area contributed by atoms with Crippen molar-refractivity contribution in [3.63, 3.8) is 0 Å². The van der Waals surface area contributed by atoms with E-state index >= 15 is 0 Å². The van der Waals surface area contributed by atoms with Gasteiger partial charge in [0, 0.05) is 66.9 Å². The van der Waals surface area contributed by atoms with Crippen LogP contribution >= 0.6 is 0 Å². The number of carboxylic acid groups (broad SMARTS) is 1. The lowest BCUT2D eigenvalue weighted by Gasteiger charge is -2.22. The number of carbonyl (C=O) groups is 2. The van der Waals surface area contributed by atoms with Gasteiger partial charge in [-0.05, 0) is 77.9 Å². The zero-order valence-corrected chi connectivity index (χ0v) is 36.2. The molecule has 0 saturated carbocycles. The van der Waals surface area contributed by atoms with Crippen LogP contribution in [-0.2, 0) is 48.1 Å². The van der Waals surface area contributed by atoms with E-state index in [1.807, 2.05) is 91.9 Å². The summed E-state index contributed by atoms with van der Waals surface area (Å²) in [6, 6.07) is 18.0. The molecule has 0 bridgehead atoms. The number of aliphatic carboxylic acids is 1. The van der Waals surface area contributed by atoms with Gasteiger partial charge in [-0.15, -0.1) is 0 Å². The second-order valence-electron chi connectivity index (χ2n) is 16.2. The molecule has 3 aromatic carbocycles. The molecule has 0 saturated heterocycles. The fraction of sp³-hybridized carbons (Fsp3) is 0.229. The highest BCUT2D eigenvalue weighted by atomic mass is 16.5. The number of benzene rings is 3. The highest BCUT2D eigenvalue weighted by molar-refractivity contribution is 5.92. The van der Waals surface area contributed by atoms with E-state index in [2.05, 4.69) is 15.0 Å². The van der Waals surface area contributed by atoms with Crippen molar-refractivity contribution in [2.75, 3.05) is 6.61 Å². The van der Waals surface area contributed by atoms with E-state index in [1.54, 1.807) is 35.9 Å². The first kappa shape index (κ1) is 42.1. The second kappa shape index (κ2) is 16.5. The van der Waals surface area contributed by atoms with Crippen LogP contribution in [0, 0.1) is 13.8 Å². The third kappa shape index (κ3) is 7.29. The molecule has 328 valence electrons. The first-order chi connectivity index (χ1) is 31.2. The van der Waals surface area contributed by atoms with Gasteiger partial charge >= 0.3 is 23.3 Å². The van der Waals surface area contributed by atoms with Crippen LogP contribution in [0.5, 0.6) is 0 Å². The highest BCUT2D eigenvalue weighted by Crippen LogP contribution is 2.33. The molecule has 6 aromatic heterocycles. The monoisotopic (exact) mass is 873 g/mol. The Kier molecular flexibility index (Phi) is 10.7. The number of rotatable bonds is 12. The second-order valence-corrected chi connectivity index (χ2v) is 16.2. The van der Waals surface area contributed by atoms with Crippen LogP contribution in [-0.4, -0.2) is 66.0 Å². The van der Waals surface area contributed by atoms with Crippen LogP contribution in [0.4, 0.5) is 0 Å². The lowest BCUT2D eigenvalue weighted by atomic mass is 9.96. The van der Waals surface area contributed by atoms with Crippen molar-refractivity contribution in [1.82, 2.24) is 42.4 Å². The van der Waals surface area contributed by atoms with Crippen LogP contribution in [0.25, 0.3) is 54.9 Å². The molecule has 0 aliphatic carbocycles. The number of hydrogen-bond donors (Lipinski definition) is 1. The van der Waals surface area contributed by atoms with Crippen LogP contribution in [0.2, 0.25) is 0 Å². The summed E-state index contributed by atoms with van der Waals surface area (Å²) in [6.45, 7) is 5.12. The maximum absolute atomic E-state index is 14.8. The number of hydrogen-bond acceptors (Lipinski definition) is 10. The molecule has 9 rings (SSSR count). The number of aryl methyl sites for hydroxylation is 4. The van der Waals surface area contributed by atoms with Gasteiger partial charge in [-0.2, -0.15) is 0 Å². The number of pyridine rings is 1. The van der Waals surface area contributed by atoms with E-state index in [4.69, 9.17) is 4.74 Å². The Balaban J connectivity index is 1.12. The molecular formula is C48H43N9O8. The smallest absolute Gasteiger partial charge is 0.333 e. The van der Waals surface area contributed by atoms with Gasteiger partial charge in [-0.25, -0.2) is 24.1 Å². The summed E-state index contributed by atoms with van der Waals surface area (Å²) in [5, 5.41) is 11.6. The Morgan fingerprint density at radius 2 is 1.42 bits per heavy atom. The molecule has 0 aliphatic rings. The zero-order chi connectivity index (χ0) is 45.8. The molecule has 0 aliphatic heterocycles. The quantitative estimate of drug-likeness (QED) is 0.165. The predicted molar refractivity (Wildman–Crippen MR) is 244 cm³/mol. The van der Waals surface area contributed by atoms with Crippen molar-refractivity contribution in [1.29, 1.82) is 0 Å². The standard InChI is InChI=1S/C48H43N9O8/c1-6-65-41(60)18-38(57-46(62)34-19-49-15-14-36(34)54(48(57)64)23-32-21-52(4)37-9-7-8-27(2)42(32)37)30-12-10-29(11-13-30)31-16-28(3)43-33(22-53(5)39(43)17-31)24-55-44-35(20-50-26-51-44)45(61)56(47(55)63)25-40(58)59/h7-17,19-22,26,38H,6,18,23-25H2,1-5H3,(H,58,59)/t38-/m1/s1. The van der Waals surface area contributed by atoms with Gasteiger partial charge in [0.25, 0.3) is 11.1 Å². The SMILES string of the molecule is CCOC(=O)C[C@H](c1ccc(-c2cc(C)c3c(Cn4c(=O)n(CC(=O)O)c(=O)c5cncnc54)cn(C)c3c2)cc1)n1c(=O)c2cnccc2n(Cc2cn(C)c3cccc(C)c23)c1=O. The third-order valence-electron chi connectivity index (χ3n) is 12.1. The van der Waals surface area contributed by atoms with Crippen molar-refractivity contribution in [2.24, 2.45) is 14.1 Å². The Morgan fingerprint density at radius 3 is 2.14 bits per heavy atom. The first-order valence-corrected chi connectivity index (χ1v) is 20.9.